The van der Waals surface area contributed by atoms with Crippen molar-refractivity contribution in [2.45, 2.75) is 37.8 Å². The average Bonchev–Trinajstić information content (AvgIpc) is 2.88. The summed E-state index contributed by atoms with van der Waals surface area (Å²) in [6.07, 6.45) is 2.38. The number of aryl methyl sites for hydroxylation is 1. The van der Waals surface area contributed by atoms with Crippen LogP contribution in [0.2, 0.25) is 0 Å². The van der Waals surface area contributed by atoms with Gasteiger partial charge in [-0.3, -0.25) is 9.89 Å². The molecule has 2 aromatic rings. The fourth-order valence-electron chi connectivity index (χ4n) is 3.20. The SMILES string of the molecule is Cc1ccc([C@@]2(C(=O)NCCSc3ncn[nH]3)CC2(C)C)cc1. The van der Waals surface area contributed by atoms with Crippen molar-refractivity contribution in [2.75, 3.05) is 12.3 Å². The molecule has 1 fully saturated rings. The van der Waals surface area contributed by atoms with Crippen LogP contribution in [0.15, 0.2) is 35.7 Å². The number of H-pyrrole nitrogens is 1. The monoisotopic (exact) mass is 330 g/mol. The lowest BCUT2D eigenvalue weighted by atomic mass is 9.86. The molecule has 0 spiro atoms. The van der Waals surface area contributed by atoms with E-state index in [0.717, 1.165) is 22.9 Å². The van der Waals surface area contributed by atoms with E-state index in [0.29, 0.717) is 6.54 Å². The molecule has 0 saturated heterocycles. The first kappa shape index (κ1) is 16.1. The van der Waals surface area contributed by atoms with E-state index in [4.69, 9.17) is 0 Å². The van der Waals surface area contributed by atoms with Crippen molar-refractivity contribution in [1.29, 1.82) is 0 Å². The van der Waals surface area contributed by atoms with E-state index in [2.05, 4.69) is 65.5 Å². The van der Waals surface area contributed by atoms with E-state index in [1.165, 1.54) is 11.9 Å². The Morgan fingerprint density at radius 2 is 2.04 bits per heavy atom. The van der Waals surface area contributed by atoms with Gasteiger partial charge in [-0.15, -0.1) is 0 Å². The largest absolute Gasteiger partial charge is 0.354 e. The summed E-state index contributed by atoms with van der Waals surface area (Å²) in [4.78, 5) is 16.9. The standard InChI is InChI=1S/C17H22N4OS/c1-12-4-6-13(7-5-12)17(10-16(17,2)3)14(22)18-8-9-23-15-19-11-20-21-15/h4-7,11H,8-10H2,1-3H3,(H,18,22)(H,19,20,21)/t17-/m1/s1. The Hall–Kier alpha value is -1.82. The second-order valence-electron chi connectivity index (χ2n) is 6.73. The van der Waals surface area contributed by atoms with Crippen LogP contribution in [0.1, 0.15) is 31.4 Å². The maximum Gasteiger partial charge on any atom is 0.231 e. The number of amides is 1. The van der Waals surface area contributed by atoms with Gasteiger partial charge >= 0.3 is 0 Å². The summed E-state index contributed by atoms with van der Waals surface area (Å²) in [7, 11) is 0. The molecule has 5 nitrogen and oxygen atoms in total. The zero-order valence-corrected chi connectivity index (χ0v) is 14.5. The smallest absolute Gasteiger partial charge is 0.231 e. The van der Waals surface area contributed by atoms with Crippen LogP contribution in [0.3, 0.4) is 0 Å². The summed E-state index contributed by atoms with van der Waals surface area (Å²) < 4.78 is 0. The molecule has 1 amide bonds. The Labute approximate surface area is 140 Å². The van der Waals surface area contributed by atoms with E-state index in [-0.39, 0.29) is 11.3 Å². The second kappa shape index (κ2) is 6.00. The van der Waals surface area contributed by atoms with Crippen molar-refractivity contribution in [1.82, 2.24) is 20.5 Å². The molecule has 1 aliphatic rings. The molecular formula is C17H22N4OS. The minimum Gasteiger partial charge on any atom is -0.354 e. The van der Waals surface area contributed by atoms with Gasteiger partial charge in [0.25, 0.3) is 0 Å². The molecule has 1 atom stereocenters. The number of rotatable bonds is 6. The molecular weight excluding hydrogens is 308 g/mol. The first-order valence-electron chi connectivity index (χ1n) is 7.79. The zero-order chi connectivity index (χ0) is 16.5. The highest BCUT2D eigenvalue weighted by molar-refractivity contribution is 7.99. The number of carbonyl (C=O) groups is 1. The van der Waals surface area contributed by atoms with E-state index in [9.17, 15) is 4.79 Å². The number of thioether (sulfide) groups is 1. The topological polar surface area (TPSA) is 70.7 Å². The average molecular weight is 330 g/mol. The number of benzene rings is 1. The van der Waals surface area contributed by atoms with Crippen LogP contribution in [0.25, 0.3) is 0 Å². The van der Waals surface area contributed by atoms with Crippen LogP contribution in [0.4, 0.5) is 0 Å². The van der Waals surface area contributed by atoms with Gasteiger partial charge in [-0.2, -0.15) is 5.10 Å². The summed E-state index contributed by atoms with van der Waals surface area (Å²) in [5.74, 6) is 0.898. The molecule has 0 bridgehead atoms. The summed E-state index contributed by atoms with van der Waals surface area (Å²) in [5, 5.41) is 10.5. The van der Waals surface area contributed by atoms with E-state index < -0.39 is 5.41 Å². The molecule has 122 valence electrons. The van der Waals surface area contributed by atoms with E-state index in [1.807, 2.05) is 0 Å². The van der Waals surface area contributed by atoms with Crippen molar-refractivity contribution in [3.8, 4) is 0 Å². The minimum atomic E-state index is -0.391. The van der Waals surface area contributed by atoms with Gasteiger partial charge in [0.1, 0.15) is 6.33 Å². The van der Waals surface area contributed by atoms with Gasteiger partial charge in [-0.1, -0.05) is 55.4 Å². The zero-order valence-electron chi connectivity index (χ0n) is 13.7. The number of hydrogen-bond acceptors (Lipinski definition) is 4. The summed E-state index contributed by atoms with van der Waals surface area (Å²) in [5.41, 5.74) is 1.95. The number of aromatic nitrogens is 3. The molecule has 1 aliphatic carbocycles. The second-order valence-corrected chi connectivity index (χ2v) is 7.81. The Bertz CT molecular complexity index is 681. The lowest BCUT2D eigenvalue weighted by Crippen LogP contribution is -2.38. The quantitative estimate of drug-likeness (QED) is 0.631. The van der Waals surface area contributed by atoms with Crippen LogP contribution >= 0.6 is 11.8 Å². The number of nitrogens with zero attached hydrogens (tertiary/aromatic N) is 2. The van der Waals surface area contributed by atoms with Crippen LogP contribution in [0.5, 0.6) is 0 Å². The van der Waals surface area contributed by atoms with Crippen LogP contribution < -0.4 is 5.32 Å². The summed E-state index contributed by atoms with van der Waals surface area (Å²) in [6, 6.07) is 8.34. The summed E-state index contributed by atoms with van der Waals surface area (Å²) in [6.45, 7) is 7.01. The highest BCUT2D eigenvalue weighted by atomic mass is 32.2. The van der Waals surface area contributed by atoms with Crippen LogP contribution in [-0.2, 0) is 10.2 Å². The van der Waals surface area contributed by atoms with E-state index >= 15 is 0 Å². The Kier molecular flexibility index (Phi) is 4.19. The minimum absolute atomic E-state index is 0.00438. The van der Waals surface area contributed by atoms with Crippen LogP contribution in [-0.4, -0.2) is 33.4 Å². The molecule has 6 heteroatoms. The third-order valence-electron chi connectivity index (χ3n) is 4.69. The van der Waals surface area contributed by atoms with Crippen molar-refractivity contribution in [2.24, 2.45) is 5.41 Å². The molecule has 0 unspecified atom stereocenters. The Morgan fingerprint density at radius 1 is 1.35 bits per heavy atom. The summed E-state index contributed by atoms with van der Waals surface area (Å²) >= 11 is 1.55. The fourth-order valence-corrected chi connectivity index (χ4v) is 3.83. The third kappa shape index (κ3) is 3.00. The van der Waals surface area contributed by atoms with Crippen molar-refractivity contribution >= 4 is 17.7 Å². The lowest BCUT2D eigenvalue weighted by Gasteiger charge is -2.21. The predicted molar refractivity (Wildman–Crippen MR) is 91.4 cm³/mol. The lowest BCUT2D eigenvalue weighted by molar-refractivity contribution is -0.124. The maximum absolute atomic E-state index is 12.8. The number of carbonyl (C=O) groups excluding carboxylic acids is 1. The molecule has 1 aromatic heterocycles. The van der Waals surface area contributed by atoms with Gasteiger partial charge in [-0.25, -0.2) is 4.98 Å². The van der Waals surface area contributed by atoms with Gasteiger partial charge in [-0.05, 0) is 24.3 Å². The highest BCUT2D eigenvalue weighted by Gasteiger charge is 2.66. The van der Waals surface area contributed by atoms with Gasteiger partial charge < -0.3 is 5.32 Å². The number of hydrogen-bond donors (Lipinski definition) is 2. The van der Waals surface area contributed by atoms with Gasteiger partial charge in [0.15, 0.2) is 5.16 Å². The predicted octanol–water partition coefficient (Wildman–Crippen LogP) is 2.69. The first-order chi connectivity index (χ1) is 11.0. The highest BCUT2D eigenvalue weighted by Crippen LogP contribution is 2.64. The Morgan fingerprint density at radius 3 is 2.61 bits per heavy atom. The molecule has 3 rings (SSSR count). The number of aromatic amines is 1. The number of nitrogens with one attached hydrogen (secondary N) is 2. The van der Waals surface area contributed by atoms with Crippen molar-refractivity contribution < 1.29 is 4.79 Å². The fraction of sp³-hybridized carbons (Fsp3) is 0.471. The first-order valence-corrected chi connectivity index (χ1v) is 8.78. The molecule has 1 heterocycles. The molecule has 0 aliphatic heterocycles. The maximum atomic E-state index is 12.8. The molecule has 1 aromatic carbocycles. The normalized spacial score (nSPS) is 21.9. The van der Waals surface area contributed by atoms with Crippen molar-refractivity contribution in [3.63, 3.8) is 0 Å². The molecule has 2 N–H and O–H groups in total. The van der Waals surface area contributed by atoms with Gasteiger partial charge in [0.05, 0.1) is 5.41 Å². The Balaban J connectivity index is 1.62. The van der Waals surface area contributed by atoms with E-state index in [1.54, 1.807) is 11.8 Å². The van der Waals surface area contributed by atoms with Gasteiger partial charge in [0.2, 0.25) is 5.91 Å². The molecule has 1 saturated carbocycles. The molecule has 23 heavy (non-hydrogen) atoms. The van der Waals surface area contributed by atoms with Crippen LogP contribution in [0, 0.1) is 12.3 Å². The van der Waals surface area contributed by atoms with Gasteiger partial charge in [0, 0.05) is 12.3 Å². The molecule has 0 radical (unpaired) electrons. The third-order valence-corrected chi connectivity index (χ3v) is 5.57. The van der Waals surface area contributed by atoms with Crippen molar-refractivity contribution in [3.05, 3.63) is 41.7 Å².